The van der Waals surface area contributed by atoms with Crippen molar-refractivity contribution in [3.63, 3.8) is 0 Å². The number of phosphoric ester groups is 1. The third kappa shape index (κ3) is 40.8. The average molecular weight is 806 g/mol. The Morgan fingerprint density at radius 2 is 1.00 bits per heavy atom. The first-order valence-electron chi connectivity index (χ1n) is 21.2. The van der Waals surface area contributed by atoms with E-state index >= 15 is 0 Å². The molecule has 10 nitrogen and oxygen atoms in total. The average Bonchev–Trinajstić information content (AvgIpc) is 3.18. The molecule has 0 aliphatic rings. The quantitative estimate of drug-likeness (QED) is 0.0237. The fourth-order valence-electron chi connectivity index (χ4n) is 5.15. The molecule has 0 aromatic rings. The Hall–Kier alpha value is -2.85. The zero-order valence-electron chi connectivity index (χ0n) is 34.5. The largest absolute Gasteiger partial charge is 0.472 e. The molecular formula is C45H76NO9P. The van der Waals surface area contributed by atoms with Crippen molar-refractivity contribution in [2.24, 2.45) is 5.73 Å². The van der Waals surface area contributed by atoms with Crippen LogP contribution >= 0.6 is 7.82 Å². The molecule has 0 spiro atoms. The molecule has 11 heteroatoms. The lowest BCUT2D eigenvalue weighted by Crippen LogP contribution is -2.29. The first kappa shape index (κ1) is 53.1. The van der Waals surface area contributed by atoms with Crippen molar-refractivity contribution in [2.75, 3.05) is 33.0 Å². The highest BCUT2D eigenvalue weighted by atomic mass is 31.2. The van der Waals surface area contributed by atoms with Gasteiger partial charge in [-0.2, -0.15) is 0 Å². The summed E-state index contributed by atoms with van der Waals surface area (Å²) in [6, 6.07) is 0. The summed E-state index contributed by atoms with van der Waals surface area (Å²) in [6.45, 7) is 1.58. The second-order valence-electron chi connectivity index (χ2n) is 13.6. The van der Waals surface area contributed by atoms with E-state index in [-0.39, 0.29) is 39.2 Å². The molecule has 2 atom stereocenters. The second-order valence-corrected chi connectivity index (χ2v) is 15.0. The van der Waals surface area contributed by atoms with Crippen molar-refractivity contribution in [3.8, 4) is 0 Å². The molecule has 0 rings (SSSR count). The third-order valence-electron chi connectivity index (χ3n) is 8.31. The zero-order valence-corrected chi connectivity index (χ0v) is 35.4. The van der Waals surface area contributed by atoms with E-state index in [1.54, 1.807) is 0 Å². The maximum atomic E-state index is 12.5. The lowest BCUT2D eigenvalue weighted by atomic mass is 10.1. The molecule has 56 heavy (non-hydrogen) atoms. The molecule has 0 aromatic carbocycles. The van der Waals surface area contributed by atoms with Crippen LogP contribution in [-0.4, -0.2) is 61.0 Å². The van der Waals surface area contributed by atoms with E-state index in [4.69, 9.17) is 29.4 Å². The summed E-state index contributed by atoms with van der Waals surface area (Å²) in [6.07, 6.45) is 49.3. The summed E-state index contributed by atoms with van der Waals surface area (Å²) in [7, 11) is -4.41. The van der Waals surface area contributed by atoms with Gasteiger partial charge in [0.25, 0.3) is 0 Å². The van der Waals surface area contributed by atoms with Crippen LogP contribution in [0.3, 0.4) is 0 Å². The van der Waals surface area contributed by atoms with E-state index in [9.17, 15) is 19.0 Å². The van der Waals surface area contributed by atoms with Gasteiger partial charge < -0.3 is 25.2 Å². The molecule has 4 N–H and O–H groups in total. The highest BCUT2D eigenvalue weighted by Crippen LogP contribution is 2.43. The second kappa shape index (κ2) is 41.8. The summed E-state index contributed by atoms with van der Waals surface area (Å²) in [4.78, 5) is 34.8. The number of aliphatic hydroxyl groups is 1. The van der Waals surface area contributed by atoms with E-state index in [0.29, 0.717) is 25.7 Å². The van der Waals surface area contributed by atoms with Crippen LogP contribution in [0.1, 0.15) is 148 Å². The summed E-state index contributed by atoms with van der Waals surface area (Å²) in [5.41, 5.74) is 5.33. The Bertz CT molecular complexity index is 1190. The molecule has 0 saturated carbocycles. The van der Waals surface area contributed by atoms with Gasteiger partial charge in [-0.25, -0.2) is 4.57 Å². The van der Waals surface area contributed by atoms with Crippen LogP contribution in [0.5, 0.6) is 0 Å². The van der Waals surface area contributed by atoms with Crippen LogP contribution in [-0.2, 0) is 32.7 Å². The van der Waals surface area contributed by atoms with Gasteiger partial charge in [0.2, 0.25) is 0 Å². The minimum absolute atomic E-state index is 0.0298. The van der Waals surface area contributed by atoms with Crippen LogP contribution in [0.25, 0.3) is 0 Å². The standard InChI is InChI=1S/C45H76NO9P/c1-2-3-4-5-6-7-8-9-10-12-16-19-22-25-28-31-34-37-45(49)55-43(42-54-56(50,51)53-40-38-46)41-52-44(48)36-33-30-27-24-21-18-15-13-11-14-17-20-23-26-29-32-35-39-47/h9-11,14-16,18-20,23-25,27-28,43,47H,2-8,12-13,17,21-22,26,29-42,46H2,1H3,(H,50,51)/b10-9-,14-11-,18-15-,19-16-,23-20-,27-24-,28-25-/t43-/m1/s1. The van der Waals surface area contributed by atoms with Crippen LogP contribution in [0, 0.1) is 0 Å². The number of carbonyl (C=O) groups is 2. The Labute approximate surface area is 339 Å². The molecule has 0 radical (unpaired) electrons. The van der Waals surface area contributed by atoms with Gasteiger partial charge >= 0.3 is 19.8 Å². The molecule has 0 heterocycles. The Morgan fingerprint density at radius 1 is 0.571 bits per heavy atom. The van der Waals surface area contributed by atoms with E-state index in [2.05, 4.69) is 79.8 Å². The molecular weight excluding hydrogens is 729 g/mol. The lowest BCUT2D eigenvalue weighted by molar-refractivity contribution is -0.161. The van der Waals surface area contributed by atoms with Gasteiger partial charge in [0.05, 0.1) is 13.2 Å². The minimum Gasteiger partial charge on any atom is -0.462 e. The number of rotatable bonds is 39. The summed E-state index contributed by atoms with van der Waals surface area (Å²) in [5, 5.41) is 8.79. The highest BCUT2D eigenvalue weighted by Gasteiger charge is 2.25. The fourth-order valence-corrected chi connectivity index (χ4v) is 5.92. The molecule has 0 saturated heterocycles. The highest BCUT2D eigenvalue weighted by molar-refractivity contribution is 7.47. The summed E-state index contributed by atoms with van der Waals surface area (Å²) in [5.74, 6) is -0.978. The number of hydrogen-bond acceptors (Lipinski definition) is 9. The topological polar surface area (TPSA) is 155 Å². The van der Waals surface area contributed by atoms with Crippen molar-refractivity contribution in [1.82, 2.24) is 0 Å². The Morgan fingerprint density at radius 3 is 1.48 bits per heavy atom. The zero-order chi connectivity index (χ0) is 41.1. The number of allylic oxidation sites excluding steroid dienone is 14. The molecule has 1 unspecified atom stereocenters. The Kier molecular flexibility index (Phi) is 39.6. The van der Waals surface area contributed by atoms with Crippen LogP contribution in [0.15, 0.2) is 85.1 Å². The van der Waals surface area contributed by atoms with Gasteiger partial charge in [0, 0.05) is 26.0 Å². The number of ether oxygens (including phenoxy) is 2. The van der Waals surface area contributed by atoms with Crippen LogP contribution in [0.4, 0.5) is 0 Å². The van der Waals surface area contributed by atoms with Gasteiger partial charge in [-0.3, -0.25) is 18.6 Å². The van der Waals surface area contributed by atoms with Crippen molar-refractivity contribution in [2.45, 2.75) is 154 Å². The van der Waals surface area contributed by atoms with Crippen LogP contribution in [0.2, 0.25) is 0 Å². The van der Waals surface area contributed by atoms with Crippen LogP contribution < -0.4 is 5.73 Å². The monoisotopic (exact) mass is 806 g/mol. The number of aliphatic hydroxyl groups excluding tert-OH is 1. The van der Waals surface area contributed by atoms with Crippen molar-refractivity contribution in [3.05, 3.63) is 85.1 Å². The maximum Gasteiger partial charge on any atom is 0.472 e. The molecule has 0 aliphatic carbocycles. The van der Waals surface area contributed by atoms with Crippen molar-refractivity contribution >= 4 is 19.8 Å². The molecule has 0 amide bonds. The molecule has 0 aliphatic heterocycles. The Balaban J connectivity index is 4.36. The van der Waals surface area contributed by atoms with Gasteiger partial charge in [0.15, 0.2) is 6.10 Å². The first-order valence-corrected chi connectivity index (χ1v) is 22.7. The predicted molar refractivity (Wildman–Crippen MR) is 230 cm³/mol. The number of hydrogen-bond donors (Lipinski definition) is 3. The lowest BCUT2D eigenvalue weighted by Gasteiger charge is -2.19. The van der Waals surface area contributed by atoms with E-state index in [0.717, 1.165) is 64.2 Å². The smallest absolute Gasteiger partial charge is 0.462 e. The minimum atomic E-state index is -4.41. The molecule has 0 aromatic heterocycles. The third-order valence-corrected chi connectivity index (χ3v) is 9.29. The number of unbranched alkanes of at least 4 members (excludes halogenated alkanes) is 11. The van der Waals surface area contributed by atoms with E-state index in [1.807, 2.05) is 12.2 Å². The number of nitrogens with two attached hydrogens (primary N) is 1. The normalized spacial score (nSPS) is 14.1. The van der Waals surface area contributed by atoms with Gasteiger partial charge in [-0.1, -0.05) is 131 Å². The number of phosphoric acid groups is 1. The molecule has 0 bridgehead atoms. The van der Waals surface area contributed by atoms with Crippen molar-refractivity contribution < 1.29 is 42.7 Å². The van der Waals surface area contributed by atoms with E-state index < -0.39 is 32.5 Å². The maximum absolute atomic E-state index is 12.5. The molecule has 320 valence electrons. The van der Waals surface area contributed by atoms with E-state index in [1.165, 1.54) is 38.5 Å². The number of esters is 2. The van der Waals surface area contributed by atoms with Gasteiger partial charge in [-0.05, 0) is 89.9 Å². The van der Waals surface area contributed by atoms with Gasteiger partial charge in [0.1, 0.15) is 6.61 Å². The first-order chi connectivity index (χ1) is 27.3. The summed E-state index contributed by atoms with van der Waals surface area (Å²) >= 11 is 0. The number of carbonyl (C=O) groups excluding carboxylic acids is 2. The fraction of sp³-hybridized carbons (Fsp3) is 0.644. The summed E-state index contributed by atoms with van der Waals surface area (Å²) < 4.78 is 32.6. The SMILES string of the molecule is CCCCCCCC/C=C\C/C=C\C/C=C\CCCC(=O)O[C@H](COC(=O)CCC/C=C\C/C=C\C/C=C\C/C=C\CCCCCO)COP(=O)(O)OCCN. The predicted octanol–water partition coefficient (Wildman–Crippen LogP) is 11.0. The van der Waals surface area contributed by atoms with Gasteiger partial charge in [-0.15, -0.1) is 0 Å². The molecule has 0 fully saturated rings. The van der Waals surface area contributed by atoms with Crippen molar-refractivity contribution in [1.29, 1.82) is 0 Å².